The first-order chi connectivity index (χ1) is 10.2. The van der Waals surface area contributed by atoms with Crippen LogP contribution in [0.25, 0.3) is 0 Å². The van der Waals surface area contributed by atoms with Gasteiger partial charge in [-0.1, -0.05) is 24.3 Å². The summed E-state index contributed by atoms with van der Waals surface area (Å²) in [6, 6.07) is 9.29. The molecule has 1 aromatic carbocycles. The number of halogens is 1. The average molecular weight is 416 g/mol. The first-order valence-electron chi connectivity index (χ1n) is 7.94. The molecular weight excluding hydrogens is 387 g/mol. The highest BCUT2D eigenvalue weighted by molar-refractivity contribution is 14.0. The van der Waals surface area contributed by atoms with Crippen molar-refractivity contribution < 1.29 is 0 Å². The minimum Gasteiger partial charge on any atom is -0.354 e. The van der Waals surface area contributed by atoms with Gasteiger partial charge in [0.1, 0.15) is 0 Å². The van der Waals surface area contributed by atoms with Crippen LogP contribution in [0.5, 0.6) is 0 Å². The fourth-order valence-corrected chi connectivity index (χ4v) is 2.62. The van der Waals surface area contributed by atoms with E-state index in [1.807, 2.05) is 0 Å². The summed E-state index contributed by atoms with van der Waals surface area (Å²) in [5.74, 6) is 0.853. The predicted molar refractivity (Wildman–Crippen MR) is 105 cm³/mol. The Labute approximate surface area is 151 Å². The fourth-order valence-electron chi connectivity index (χ4n) is 2.62. The van der Waals surface area contributed by atoms with Crippen LogP contribution in [0.3, 0.4) is 0 Å². The van der Waals surface area contributed by atoms with Gasteiger partial charge in [-0.25, -0.2) is 0 Å². The predicted octanol–water partition coefficient (Wildman–Crippen LogP) is 2.97. The molecule has 0 unspecified atom stereocenters. The van der Waals surface area contributed by atoms with E-state index in [0.29, 0.717) is 6.04 Å². The highest BCUT2D eigenvalue weighted by Gasteiger charge is 2.11. The number of hydrogen-bond donors (Lipinski definition) is 2. The van der Waals surface area contributed by atoms with Crippen LogP contribution in [-0.2, 0) is 13.1 Å². The molecule has 124 valence electrons. The van der Waals surface area contributed by atoms with Crippen LogP contribution in [0.1, 0.15) is 37.8 Å². The highest BCUT2D eigenvalue weighted by Crippen LogP contribution is 2.13. The summed E-state index contributed by atoms with van der Waals surface area (Å²) >= 11 is 0. The third-order valence-electron chi connectivity index (χ3n) is 3.74. The molecule has 1 heterocycles. The third kappa shape index (κ3) is 6.52. The van der Waals surface area contributed by atoms with Gasteiger partial charge in [0.05, 0.1) is 0 Å². The number of nitrogens with one attached hydrogen (secondary N) is 2. The normalized spacial score (nSPS) is 15.7. The van der Waals surface area contributed by atoms with Gasteiger partial charge in [-0.15, -0.1) is 24.0 Å². The van der Waals surface area contributed by atoms with Crippen molar-refractivity contribution >= 4 is 29.9 Å². The second kappa shape index (κ2) is 10.0. The Hall–Kier alpha value is -0.820. The van der Waals surface area contributed by atoms with Gasteiger partial charge in [0.15, 0.2) is 5.96 Å². The van der Waals surface area contributed by atoms with Crippen molar-refractivity contribution in [3.8, 4) is 0 Å². The number of rotatable bonds is 5. The van der Waals surface area contributed by atoms with Gasteiger partial charge in [-0.3, -0.25) is 9.89 Å². The summed E-state index contributed by atoms with van der Waals surface area (Å²) in [7, 11) is 1.80. The number of hydrogen-bond acceptors (Lipinski definition) is 2. The molecule has 1 aliphatic heterocycles. The molecule has 2 N–H and O–H groups in total. The molecule has 0 aromatic heterocycles. The Morgan fingerprint density at radius 2 is 1.73 bits per heavy atom. The zero-order valence-electron chi connectivity index (χ0n) is 13.9. The molecule has 22 heavy (non-hydrogen) atoms. The largest absolute Gasteiger partial charge is 0.354 e. The molecule has 2 rings (SSSR count). The van der Waals surface area contributed by atoms with E-state index in [9.17, 15) is 0 Å². The first kappa shape index (κ1) is 19.2. The topological polar surface area (TPSA) is 39.7 Å². The standard InChI is InChI=1S/C17H28N4.HI/c1-14(2)20-17(18-3)19-12-15-6-8-16(9-7-15)13-21-10-4-5-11-21;/h6-9,14H,4-5,10-13H2,1-3H3,(H2,18,19,20);1H. The lowest BCUT2D eigenvalue weighted by atomic mass is 10.1. The maximum Gasteiger partial charge on any atom is 0.191 e. The van der Waals surface area contributed by atoms with Crippen molar-refractivity contribution in [1.82, 2.24) is 15.5 Å². The van der Waals surface area contributed by atoms with Gasteiger partial charge in [0.2, 0.25) is 0 Å². The molecule has 1 aliphatic rings. The van der Waals surface area contributed by atoms with Crippen LogP contribution in [0.15, 0.2) is 29.3 Å². The molecule has 1 aromatic rings. The van der Waals surface area contributed by atoms with Gasteiger partial charge >= 0.3 is 0 Å². The highest BCUT2D eigenvalue weighted by atomic mass is 127. The van der Waals surface area contributed by atoms with Gasteiger partial charge in [0.25, 0.3) is 0 Å². The zero-order chi connectivity index (χ0) is 15.1. The maximum atomic E-state index is 4.22. The summed E-state index contributed by atoms with van der Waals surface area (Å²) < 4.78 is 0. The van der Waals surface area contributed by atoms with Crippen LogP contribution in [0.4, 0.5) is 0 Å². The molecule has 1 fully saturated rings. The van der Waals surface area contributed by atoms with E-state index in [0.717, 1.165) is 19.0 Å². The van der Waals surface area contributed by atoms with E-state index < -0.39 is 0 Å². The van der Waals surface area contributed by atoms with E-state index in [1.165, 1.54) is 37.1 Å². The van der Waals surface area contributed by atoms with Crippen LogP contribution in [0, 0.1) is 0 Å². The molecule has 0 spiro atoms. The SMILES string of the molecule is CN=C(NCc1ccc(CN2CCCC2)cc1)NC(C)C.I. The van der Waals surface area contributed by atoms with E-state index >= 15 is 0 Å². The quantitative estimate of drug-likeness (QED) is 0.441. The van der Waals surface area contributed by atoms with Crippen molar-refractivity contribution in [1.29, 1.82) is 0 Å². The van der Waals surface area contributed by atoms with Gasteiger partial charge in [-0.05, 0) is 50.9 Å². The number of likely N-dealkylation sites (tertiary alicyclic amines) is 1. The number of benzene rings is 1. The van der Waals surface area contributed by atoms with E-state index in [4.69, 9.17) is 0 Å². The Balaban J connectivity index is 0.00000242. The Morgan fingerprint density at radius 1 is 1.14 bits per heavy atom. The van der Waals surface area contributed by atoms with Gasteiger partial charge < -0.3 is 10.6 Å². The van der Waals surface area contributed by atoms with Crippen molar-refractivity contribution in [2.24, 2.45) is 4.99 Å². The lowest BCUT2D eigenvalue weighted by Crippen LogP contribution is -2.40. The first-order valence-corrected chi connectivity index (χ1v) is 7.94. The third-order valence-corrected chi connectivity index (χ3v) is 3.74. The summed E-state index contributed by atoms with van der Waals surface area (Å²) in [5.41, 5.74) is 2.69. The molecule has 5 heteroatoms. The Bertz CT molecular complexity index is 450. The summed E-state index contributed by atoms with van der Waals surface area (Å²) in [6.45, 7) is 8.61. The van der Waals surface area contributed by atoms with E-state index in [-0.39, 0.29) is 24.0 Å². The fraction of sp³-hybridized carbons (Fsp3) is 0.588. The minimum absolute atomic E-state index is 0. The molecular formula is C17H29IN4. The molecule has 1 saturated heterocycles. The number of nitrogens with zero attached hydrogens (tertiary/aromatic N) is 2. The summed E-state index contributed by atoms with van der Waals surface area (Å²) in [5, 5.41) is 6.63. The Morgan fingerprint density at radius 3 is 2.27 bits per heavy atom. The maximum absolute atomic E-state index is 4.22. The molecule has 0 aliphatic carbocycles. The van der Waals surface area contributed by atoms with Crippen molar-refractivity contribution in [2.45, 2.75) is 45.8 Å². The molecule has 0 amide bonds. The van der Waals surface area contributed by atoms with Crippen LogP contribution < -0.4 is 10.6 Å². The van der Waals surface area contributed by atoms with E-state index in [1.54, 1.807) is 7.05 Å². The van der Waals surface area contributed by atoms with Gasteiger partial charge in [0, 0.05) is 26.2 Å². The second-order valence-electron chi connectivity index (χ2n) is 6.02. The number of aliphatic imine (C=N–C) groups is 1. The lowest BCUT2D eigenvalue weighted by Gasteiger charge is -2.16. The van der Waals surface area contributed by atoms with Crippen molar-refractivity contribution in [2.75, 3.05) is 20.1 Å². The smallest absolute Gasteiger partial charge is 0.191 e. The average Bonchev–Trinajstić information content (AvgIpc) is 2.97. The van der Waals surface area contributed by atoms with Crippen LogP contribution in [-0.4, -0.2) is 37.0 Å². The summed E-state index contributed by atoms with van der Waals surface area (Å²) in [4.78, 5) is 6.75. The van der Waals surface area contributed by atoms with Crippen molar-refractivity contribution in [3.05, 3.63) is 35.4 Å². The minimum atomic E-state index is 0. The molecule has 0 bridgehead atoms. The van der Waals surface area contributed by atoms with E-state index in [2.05, 4.69) is 58.6 Å². The van der Waals surface area contributed by atoms with Crippen molar-refractivity contribution in [3.63, 3.8) is 0 Å². The molecule has 0 radical (unpaired) electrons. The molecule has 0 atom stereocenters. The number of guanidine groups is 1. The van der Waals surface area contributed by atoms with Gasteiger partial charge in [-0.2, -0.15) is 0 Å². The second-order valence-corrected chi connectivity index (χ2v) is 6.02. The summed E-state index contributed by atoms with van der Waals surface area (Å²) in [6.07, 6.45) is 2.70. The Kier molecular flexibility index (Phi) is 8.78. The molecule has 4 nitrogen and oxygen atoms in total. The molecule has 0 saturated carbocycles. The monoisotopic (exact) mass is 416 g/mol. The van der Waals surface area contributed by atoms with Crippen LogP contribution >= 0.6 is 24.0 Å². The zero-order valence-corrected chi connectivity index (χ0v) is 16.3. The van der Waals surface area contributed by atoms with Crippen LogP contribution in [0.2, 0.25) is 0 Å². The lowest BCUT2D eigenvalue weighted by molar-refractivity contribution is 0.331.